The lowest BCUT2D eigenvalue weighted by molar-refractivity contribution is -0.141. The molecule has 2 fully saturated rings. The first-order valence-electron chi connectivity index (χ1n) is 18.9. The molecule has 0 spiro atoms. The second-order valence-corrected chi connectivity index (χ2v) is 18.8. The number of carbonyl (C=O) groups excluding carboxylic acids is 3. The summed E-state index contributed by atoms with van der Waals surface area (Å²) in [6, 6.07) is 3.80. The van der Waals surface area contributed by atoms with Crippen molar-refractivity contribution in [2.45, 2.75) is 117 Å². The van der Waals surface area contributed by atoms with Crippen LogP contribution < -0.4 is 9.46 Å². The SMILES string of the molecule is Cc1cc(-c2nc(C(C)C)cs2)c2nc(O[C@@H]3C[C@H]4C(=O)C[C@]5(C(=O)NS(=O)(=O)N(C)C)C[C@H]5/C=C\CCCCC[C@H](C)C(=O)N4C3)n(C(C)C)c2c1. The topological polar surface area (TPSA) is 144 Å². The van der Waals surface area contributed by atoms with Crippen molar-refractivity contribution >= 4 is 50.2 Å². The van der Waals surface area contributed by atoms with Gasteiger partial charge in [0.25, 0.3) is 6.01 Å². The minimum absolute atomic E-state index is 0.000936. The number of amides is 2. The van der Waals surface area contributed by atoms with E-state index in [-0.39, 0.29) is 49.0 Å². The maximum atomic E-state index is 14.4. The van der Waals surface area contributed by atoms with Gasteiger partial charge in [0.15, 0.2) is 5.78 Å². The first-order valence-corrected chi connectivity index (χ1v) is 21.2. The van der Waals surface area contributed by atoms with E-state index < -0.39 is 33.7 Å². The number of aromatic nitrogens is 3. The molecule has 2 aliphatic heterocycles. The predicted molar refractivity (Wildman–Crippen MR) is 207 cm³/mol. The average Bonchev–Trinajstić information content (AvgIpc) is 3.44. The molecule has 14 heteroatoms. The van der Waals surface area contributed by atoms with Gasteiger partial charge in [-0.15, -0.1) is 11.3 Å². The molecule has 3 aromatic rings. The van der Waals surface area contributed by atoms with Crippen LogP contribution in [-0.2, 0) is 24.6 Å². The zero-order valence-electron chi connectivity index (χ0n) is 32.2. The molecule has 1 saturated carbocycles. The van der Waals surface area contributed by atoms with Gasteiger partial charge in [-0.1, -0.05) is 45.8 Å². The van der Waals surface area contributed by atoms with Crippen molar-refractivity contribution in [2.24, 2.45) is 17.3 Å². The number of ether oxygens (including phenoxy) is 1. The van der Waals surface area contributed by atoms with Crippen molar-refractivity contribution in [1.29, 1.82) is 0 Å². The fourth-order valence-electron chi connectivity index (χ4n) is 7.74. The van der Waals surface area contributed by atoms with Crippen LogP contribution >= 0.6 is 11.3 Å². The van der Waals surface area contributed by atoms with Gasteiger partial charge < -0.3 is 9.64 Å². The third-order valence-corrected chi connectivity index (χ3v) is 13.3. The molecule has 1 aromatic carbocycles. The monoisotopic (exact) mass is 766 g/mol. The standard InChI is InChI=1S/C39H54N6O6S2/c1-23(2)30-22-52-35(40-30)29-16-25(5)17-32-34(29)41-38(45(32)24(3)4)51-28-18-31-33(46)20-39(37(48)42-53(49,50)43(7)8)19-27(39)15-13-11-9-10-12-14-26(6)36(47)44(31)21-28/h13,15-17,22-24,26-28,31H,9-12,14,18-21H2,1-8H3,(H,42,48)/b15-13-/t26-,27+,28+,31-,39+/m0/s1. The summed E-state index contributed by atoms with van der Waals surface area (Å²) in [7, 11) is -1.37. The molecule has 0 radical (unpaired) electrons. The molecule has 2 amide bonds. The largest absolute Gasteiger partial charge is 0.459 e. The number of carbonyl (C=O) groups is 3. The second-order valence-electron chi connectivity index (χ2n) is 16.0. The number of allylic oxidation sites excluding steroid dienone is 2. The van der Waals surface area contributed by atoms with E-state index >= 15 is 0 Å². The molecule has 288 valence electrons. The number of nitrogens with one attached hydrogen (secondary N) is 1. The lowest BCUT2D eigenvalue weighted by Crippen LogP contribution is -2.47. The zero-order chi connectivity index (χ0) is 38.4. The van der Waals surface area contributed by atoms with Gasteiger partial charge in [0.05, 0.1) is 29.2 Å². The van der Waals surface area contributed by atoms with Crippen LogP contribution in [0.5, 0.6) is 6.01 Å². The van der Waals surface area contributed by atoms with E-state index in [4.69, 9.17) is 14.7 Å². The molecule has 12 nitrogen and oxygen atoms in total. The molecule has 6 rings (SSSR count). The van der Waals surface area contributed by atoms with Crippen LogP contribution in [0.3, 0.4) is 0 Å². The summed E-state index contributed by atoms with van der Waals surface area (Å²) in [6.07, 6.45) is 8.22. The highest BCUT2D eigenvalue weighted by Gasteiger charge is 2.61. The van der Waals surface area contributed by atoms with Crippen LogP contribution in [0, 0.1) is 24.2 Å². The fraction of sp³-hybridized carbons (Fsp3) is 0.615. The van der Waals surface area contributed by atoms with E-state index in [1.54, 1.807) is 16.2 Å². The Labute approximate surface area is 317 Å². The number of thiazole rings is 1. The number of imidazole rings is 1. The predicted octanol–water partition coefficient (Wildman–Crippen LogP) is 6.57. The summed E-state index contributed by atoms with van der Waals surface area (Å²) in [5, 5.41) is 2.98. The van der Waals surface area contributed by atoms with Crippen LogP contribution in [0.1, 0.15) is 109 Å². The van der Waals surface area contributed by atoms with Gasteiger partial charge in [0.1, 0.15) is 16.6 Å². The van der Waals surface area contributed by atoms with E-state index in [9.17, 15) is 22.8 Å². The number of hydrogen-bond acceptors (Lipinski definition) is 9. The number of hydrogen-bond donors (Lipinski definition) is 1. The molecule has 2 aromatic heterocycles. The van der Waals surface area contributed by atoms with Crippen molar-refractivity contribution in [3.05, 3.63) is 40.9 Å². The first-order chi connectivity index (χ1) is 25.0. The molecule has 1 N–H and O–H groups in total. The Hall–Kier alpha value is -3.62. The highest BCUT2D eigenvalue weighted by Crippen LogP contribution is 2.57. The number of nitrogens with zero attached hydrogens (tertiary/aromatic N) is 5. The van der Waals surface area contributed by atoms with Crippen molar-refractivity contribution in [3.8, 4) is 16.6 Å². The maximum Gasteiger partial charge on any atom is 0.303 e. The molecule has 53 heavy (non-hydrogen) atoms. The van der Waals surface area contributed by atoms with E-state index in [0.29, 0.717) is 24.8 Å². The van der Waals surface area contributed by atoms with E-state index in [2.05, 4.69) is 61.4 Å². The minimum atomic E-state index is -4.07. The summed E-state index contributed by atoms with van der Waals surface area (Å²) >= 11 is 1.60. The molecule has 4 heterocycles. The highest BCUT2D eigenvalue weighted by atomic mass is 32.2. The number of ketones is 1. The molecule has 1 saturated heterocycles. The number of fused-ring (bicyclic) bond motifs is 3. The second kappa shape index (κ2) is 15.3. The van der Waals surface area contributed by atoms with Crippen molar-refractivity contribution < 1.29 is 27.5 Å². The Morgan fingerprint density at radius 2 is 1.87 bits per heavy atom. The van der Waals surface area contributed by atoms with Gasteiger partial charge in [-0.2, -0.15) is 17.7 Å². The van der Waals surface area contributed by atoms with E-state index in [0.717, 1.165) is 62.9 Å². The lowest BCUT2D eigenvalue weighted by atomic mass is 9.91. The Morgan fingerprint density at radius 3 is 2.55 bits per heavy atom. The third-order valence-electron chi connectivity index (χ3n) is 11.0. The van der Waals surface area contributed by atoms with E-state index in [1.165, 1.54) is 14.1 Å². The Kier molecular flexibility index (Phi) is 11.2. The van der Waals surface area contributed by atoms with Gasteiger partial charge >= 0.3 is 10.2 Å². The van der Waals surface area contributed by atoms with Gasteiger partial charge in [0.2, 0.25) is 11.8 Å². The van der Waals surface area contributed by atoms with Crippen molar-refractivity contribution in [1.82, 2.24) is 28.5 Å². The van der Waals surface area contributed by atoms with Gasteiger partial charge in [-0.25, -0.2) is 9.71 Å². The summed E-state index contributed by atoms with van der Waals surface area (Å²) in [5.74, 6) is -1.33. The number of Topliss-reactive ketones (excluding diaryl/α,β-unsaturated/α-hetero) is 1. The van der Waals surface area contributed by atoms with Crippen LogP contribution in [0.2, 0.25) is 0 Å². The quantitative estimate of drug-likeness (QED) is 0.254. The molecule has 1 aliphatic carbocycles. The highest BCUT2D eigenvalue weighted by molar-refractivity contribution is 7.87. The van der Waals surface area contributed by atoms with Crippen LogP contribution in [0.4, 0.5) is 0 Å². The van der Waals surface area contributed by atoms with E-state index in [1.807, 2.05) is 19.1 Å². The minimum Gasteiger partial charge on any atom is -0.459 e. The first kappa shape index (κ1) is 39.1. The number of aryl methyl sites for hydroxylation is 1. The van der Waals surface area contributed by atoms with Crippen LogP contribution in [-0.4, -0.2) is 82.5 Å². The van der Waals surface area contributed by atoms with Crippen LogP contribution in [0.25, 0.3) is 21.6 Å². The van der Waals surface area contributed by atoms with Crippen LogP contribution in [0.15, 0.2) is 29.7 Å². The summed E-state index contributed by atoms with van der Waals surface area (Å²) in [4.78, 5) is 53.8. The Bertz CT molecular complexity index is 2020. The maximum absolute atomic E-state index is 14.4. The van der Waals surface area contributed by atoms with Gasteiger partial charge in [-0.05, 0) is 76.0 Å². The average molecular weight is 767 g/mol. The summed E-state index contributed by atoms with van der Waals surface area (Å²) < 4.78 is 37.3. The normalized spacial score (nSPS) is 26.4. The van der Waals surface area contributed by atoms with Crippen molar-refractivity contribution in [2.75, 3.05) is 20.6 Å². The molecule has 5 atom stereocenters. The third kappa shape index (κ3) is 7.95. The van der Waals surface area contributed by atoms with Gasteiger partial charge in [0, 0.05) is 49.8 Å². The number of rotatable bonds is 8. The molecule has 3 aliphatic rings. The van der Waals surface area contributed by atoms with Gasteiger partial charge in [-0.3, -0.25) is 19.0 Å². The van der Waals surface area contributed by atoms with Crippen molar-refractivity contribution in [3.63, 3.8) is 0 Å². The Morgan fingerprint density at radius 1 is 1.11 bits per heavy atom. The lowest BCUT2D eigenvalue weighted by Gasteiger charge is -2.27. The number of benzene rings is 1. The fourth-order valence-corrected chi connectivity index (χ4v) is 9.36. The smallest absolute Gasteiger partial charge is 0.303 e. The molecular formula is C39H54N6O6S2. The Balaban J connectivity index is 1.33. The zero-order valence-corrected chi connectivity index (χ0v) is 33.8. The summed E-state index contributed by atoms with van der Waals surface area (Å²) in [5.41, 5.74) is 3.54. The molecule has 0 unspecified atom stereocenters. The summed E-state index contributed by atoms with van der Waals surface area (Å²) in [6.45, 7) is 12.6. The molecular weight excluding hydrogens is 713 g/mol. The molecule has 0 bridgehead atoms.